The molecule has 8 nitrogen and oxygen atoms in total. The molecule has 0 bridgehead atoms. The van der Waals surface area contributed by atoms with Crippen LogP contribution in [0, 0.1) is 0 Å². The van der Waals surface area contributed by atoms with Crippen molar-refractivity contribution >= 4 is 32.8 Å². The van der Waals surface area contributed by atoms with Gasteiger partial charge >= 0.3 is 5.97 Å². The average Bonchev–Trinajstić information content (AvgIpc) is 3.18. The summed E-state index contributed by atoms with van der Waals surface area (Å²) in [5.74, 6) is -1.93. The number of fused-ring (bicyclic) bond motifs is 2. The number of hydrogen-bond donors (Lipinski definition) is 3. The molecule has 2 aromatic carbocycles. The van der Waals surface area contributed by atoms with Gasteiger partial charge in [0, 0.05) is 30.0 Å². The van der Waals surface area contributed by atoms with Crippen molar-refractivity contribution in [1.82, 2.24) is 4.57 Å². The predicted octanol–water partition coefficient (Wildman–Crippen LogP) is 1.58. The largest absolute Gasteiger partial charge is 0.480 e. The first kappa shape index (κ1) is 19.3. The number of aromatic nitrogens is 1. The fourth-order valence-corrected chi connectivity index (χ4v) is 5.09. The van der Waals surface area contributed by atoms with Gasteiger partial charge in [-0.05, 0) is 17.2 Å². The maximum Gasteiger partial charge on any atom is 0.320 e. The van der Waals surface area contributed by atoms with Gasteiger partial charge in [-0.3, -0.25) is 14.1 Å². The topological polar surface area (TPSA) is 140 Å². The molecule has 0 saturated heterocycles. The first-order valence-corrected chi connectivity index (χ1v) is 10.3. The van der Waals surface area contributed by atoms with Crippen molar-refractivity contribution in [2.45, 2.75) is 23.8 Å². The molecule has 0 saturated carbocycles. The number of carbonyl (C=O) groups is 2. The Bertz CT molecular complexity index is 1260. The first-order chi connectivity index (χ1) is 13.7. The van der Waals surface area contributed by atoms with E-state index in [0.717, 1.165) is 0 Å². The zero-order valence-corrected chi connectivity index (χ0v) is 16.0. The van der Waals surface area contributed by atoms with Gasteiger partial charge in [0.1, 0.15) is 6.04 Å². The molecule has 1 aromatic heterocycles. The Labute approximate surface area is 166 Å². The molecule has 1 heterocycles. The Balaban J connectivity index is 1.99. The van der Waals surface area contributed by atoms with Crippen LogP contribution >= 0.6 is 0 Å². The number of carboxylic acid groups (broad SMARTS) is 1. The monoisotopic (exact) mass is 414 g/mol. The van der Waals surface area contributed by atoms with Crippen molar-refractivity contribution in [3.8, 4) is 0 Å². The molecule has 2 atom stereocenters. The van der Waals surface area contributed by atoms with E-state index in [9.17, 15) is 22.6 Å². The standard InChI is InChI=1S/C20H18N2O6S/c21-16(19(24)25)9-13-11-22(17-8-4-3-6-14(13)17)20(29(26,27)28)10-12-5-1-2-7-15(12)18(20)23/h1-8,11,16H,9-10,21H2,(H,24,25)(H,26,27,28). The van der Waals surface area contributed by atoms with E-state index in [1.165, 1.54) is 16.8 Å². The molecule has 0 aliphatic heterocycles. The van der Waals surface area contributed by atoms with E-state index >= 15 is 0 Å². The number of ketones is 1. The summed E-state index contributed by atoms with van der Waals surface area (Å²) in [4.78, 5) is 22.2. The van der Waals surface area contributed by atoms with Gasteiger partial charge in [-0.15, -0.1) is 0 Å². The Hall–Kier alpha value is -3.01. The van der Waals surface area contributed by atoms with E-state index in [1.807, 2.05) is 0 Å². The molecule has 1 aliphatic rings. The van der Waals surface area contributed by atoms with Crippen LogP contribution in [0.4, 0.5) is 0 Å². The zero-order chi connectivity index (χ0) is 21.0. The van der Waals surface area contributed by atoms with Crippen molar-refractivity contribution in [2.75, 3.05) is 0 Å². The number of carbonyl (C=O) groups excluding carboxylic acids is 1. The van der Waals surface area contributed by atoms with Crippen LogP contribution in [0.15, 0.2) is 54.7 Å². The second-order valence-electron chi connectivity index (χ2n) is 7.11. The molecule has 0 amide bonds. The molecule has 4 N–H and O–H groups in total. The smallest absolute Gasteiger partial charge is 0.320 e. The second kappa shape index (κ2) is 6.51. The molecule has 0 spiro atoms. The highest BCUT2D eigenvalue weighted by Gasteiger charge is 2.57. The lowest BCUT2D eigenvalue weighted by atomic mass is 10.1. The number of nitrogens with two attached hydrogens (primary N) is 1. The lowest BCUT2D eigenvalue weighted by Gasteiger charge is -2.27. The second-order valence-corrected chi connectivity index (χ2v) is 8.74. The van der Waals surface area contributed by atoms with Crippen molar-refractivity contribution in [3.05, 3.63) is 71.4 Å². The van der Waals surface area contributed by atoms with E-state index < -0.39 is 32.8 Å². The highest BCUT2D eigenvalue weighted by Crippen LogP contribution is 2.42. The molecule has 1 aliphatic carbocycles. The van der Waals surface area contributed by atoms with Crippen molar-refractivity contribution in [2.24, 2.45) is 5.73 Å². The normalized spacial score (nSPS) is 20.0. The van der Waals surface area contributed by atoms with Gasteiger partial charge < -0.3 is 15.4 Å². The molecule has 2 unspecified atom stereocenters. The molecule has 150 valence electrons. The lowest BCUT2D eigenvalue weighted by Crippen LogP contribution is -2.46. The zero-order valence-electron chi connectivity index (χ0n) is 15.1. The maximum atomic E-state index is 13.3. The average molecular weight is 414 g/mol. The fourth-order valence-electron chi connectivity index (χ4n) is 4.01. The van der Waals surface area contributed by atoms with Gasteiger partial charge in [0.2, 0.25) is 10.7 Å². The van der Waals surface area contributed by atoms with Crippen LogP contribution in [0.2, 0.25) is 0 Å². The molecule has 9 heteroatoms. The van der Waals surface area contributed by atoms with Gasteiger partial charge in [0.15, 0.2) is 0 Å². The third-order valence-electron chi connectivity index (χ3n) is 5.41. The molecular formula is C20H18N2O6S. The van der Waals surface area contributed by atoms with Crippen molar-refractivity contribution in [3.63, 3.8) is 0 Å². The van der Waals surface area contributed by atoms with Crippen molar-refractivity contribution < 1.29 is 27.7 Å². The molecule has 4 rings (SSSR count). The van der Waals surface area contributed by atoms with Crippen LogP contribution in [0.5, 0.6) is 0 Å². The highest BCUT2D eigenvalue weighted by molar-refractivity contribution is 7.87. The van der Waals surface area contributed by atoms with Crippen LogP contribution in [0.1, 0.15) is 21.5 Å². The minimum Gasteiger partial charge on any atom is -0.480 e. The van der Waals surface area contributed by atoms with Crippen LogP contribution in [0.3, 0.4) is 0 Å². The highest BCUT2D eigenvalue weighted by atomic mass is 32.2. The Morgan fingerprint density at radius 1 is 1.17 bits per heavy atom. The molecular weight excluding hydrogens is 396 g/mol. The van der Waals surface area contributed by atoms with Crippen LogP contribution < -0.4 is 5.73 Å². The minimum absolute atomic E-state index is 0.0639. The quantitative estimate of drug-likeness (QED) is 0.538. The molecule has 0 fully saturated rings. The number of rotatable bonds is 5. The van der Waals surface area contributed by atoms with Gasteiger partial charge in [0.05, 0.1) is 5.52 Å². The summed E-state index contributed by atoms with van der Waals surface area (Å²) in [5, 5.41) is 9.72. The van der Waals surface area contributed by atoms with E-state index in [2.05, 4.69) is 0 Å². The van der Waals surface area contributed by atoms with Crippen LogP contribution in [-0.2, 0) is 32.6 Å². The van der Waals surface area contributed by atoms with E-state index in [0.29, 0.717) is 22.0 Å². The van der Waals surface area contributed by atoms with E-state index in [-0.39, 0.29) is 18.4 Å². The van der Waals surface area contributed by atoms with E-state index in [4.69, 9.17) is 10.8 Å². The first-order valence-electron chi connectivity index (χ1n) is 8.84. The summed E-state index contributed by atoms with van der Waals surface area (Å²) in [6.45, 7) is 0. The van der Waals surface area contributed by atoms with Gasteiger partial charge in [0.25, 0.3) is 10.1 Å². The fraction of sp³-hybridized carbons (Fsp3) is 0.200. The third kappa shape index (κ3) is 2.78. The van der Waals surface area contributed by atoms with Crippen LogP contribution in [-0.4, -0.2) is 40.4 Å². The number of Topliss-reactive ketones (excluding diaryl/α,β-unsaturated/α-hetero) is 1. The summed E-state index contributed by atoms with van der Waals surface area (Å²) < 4.78 is 36.7. The summed E-state index contributed by atoms with van der Waals surface area (Å²) in [6.07, 6.45) is 1.11. The number of hydrogen-bond acceptors (Lipinski definition) is 5. The maximum absolute atomic E-state index is 13.3. The molecule has 3 aromatic rings. The molecule has 0 radical (unpaired) electrons. The summed E-state index contributed by atoms with van der Waals surface area (Å²) >= 11 is 0. The van der Waals surface area contributed by atoms with Gasteiger partial charge in [-0.2, -0.15) is 8.42 Å². The van der Waals surface area contributed by atoms with Crippen molar-refractivity contribution in [1.29, 1.82) is 0 Å². The number of para-hydroxylation sites is 1. The lowest BCUT2D eigenvalue weighted by molar-refractivity contribution is -0.138. The summed E-state index contributed by atoms with van der Waals surface area (Å²) in [6, 6.07) is 12.0. The Morgan fingerprint density at radius 2 is 1.83 bits per heavy atom. The summed E-state index contributed by atoms with van der Waals surface area (Å²) in [7, 11) is -4.89. The Morgan fingerprint density at radius 3 is 2.48 bits per heavy atom. The SMILES string of the molecule is NC(Cc1cn(C2(S(=O)(=O)O)Cc3ccccc3C2=O)c2ccccc12)C(=O)O. The number of aliphatic carboxylic acids is 1. The van der Waals surface area contributed by atoms with Gasteiger partial charge in [-0.1, -0.05) is 42.5 Å². The predicted molar refractivity (Wildman–Crippen MR) is 105 cm³/mol. The molecule has 29 heavy (non-hydrogen) atoms. The minimum atomic E-state index is -4.89. The Kier molecular flexibility index (Phi) is 4.34. The number of benzene rings is 2. The third-order valence-corrected chi connectivity index (χ3v) is 6.79. The van der Waals surface area contributed by atoms with E-state index in [1.54, 1.807) is 42.5 Å². The summed E-state index contributed by atoms with van der Waals surface area (Å²) in [5.41, 5.74) is 7.28. The number of nitrogens with zero attached hydrogens (tertiary/aromatic N) is 1. The van der Waals surface area contributed by atoms with Gasteiger partial charge in [-0.25, -0.2) is 0 Å². The van der Waals surface area contributed by atoms with Crippen LogP contribution in [0.25, 0.3) is 10.9 Å². The number of carboxylic acids is 1.